The van der Waals surface area contributed by atoms with Crippen molar-refractivity contribution >= 4 is 28.4 Å². The summed E-state index contributed by atoms with van der Waals surface area (Å²) < 4.78 is 88.9. The van der Waals surface area contributed by atoms with E-state index in [-0.39, 0.29) is 17.4 Å². The Morgan fingerprint density at radius 2 is 1.79 bits per heavy atom. The van der Waals surface area contributed by atoms with Gasteiger partial charge >= 0.3 is 24.3 Å². The molecule has 2 aromatic heterocycles. The van der Waals surface area contributed by atoms with Crippen LogP contribution in [0.2, 0.25) is 0 Å². The van der Waals surface area contributed by atoms with Crippen molar-refractivity contribution in [2.24, 2.45) is 5.41 Å². The summed E-state index contributed by atoms with van der Waals surface area (Å²) in [5, 5.41) is 24.5. The maximum Gasteiger partial charge on any atom is 0.490 e. The van der Waals surface area contributed by atoms with Gasteiger partial charge in [-0.1, -0.05) is 11.3 Å². The van der Waals surface area contributed by atoms with Crippen LogP contribution in [0.4, 0.5) is 35.9 Å². The fourth-order valence-corrected chi connectivity index (χ4v) is 4.23. The van der Waals surface area contributed by atoms with Crippen LogP contribution in [-0.4, -0.2) is 82.1 Å². The van der Waals surface area contributed by atoms with E-state index in [0.29, 0.717) is 13.2 Å². The highest BCUT2D eigenvalue weighted by atomic mass is 32.1. The number of hydrogen-bond acceptors (Lipinski definition) is 9. The summed E-state index contributed by atoms with van der Waals surface area (Å²) in [4.78, 5) is 24.0. The highest BCUT2D eigenvalue weighted by molar-refractivity contribution is 7.15. The third-order valence-electron chi connectivity index (χ3n) is 5.26. The van der Waals surface area contributed by atoms with Crippen LogP contribution in [0.15, 0.2) is 18.3 Å². The standard InChI is InChI=1S/C16H19FN4O2S.2C2HF3O2/c1-11-19-20-15(24-11)21-7-4-13-16(9-21,5-8-22-13)10-23-14-12(17)3-2-6-18-14;2*3-2(4,5)1(6)7/h2-3,6,13H,4-5,7-10H2,1H3;2*(H,6,7)/t13-,16+;;/m1../s1. The highest BCUT2D eigenvalue weighted by Crippen LogP contribution is 2.42. The minimum absolute atomic E-state index is 0.0569. The predicted octanol–water partition coefficient (Wildman–Crippen LogP) is 3.71. The average molecular weight is 578 g/mol. The second kappa shape index (κ2) is 12.5. The third kappa shape index (κ3) is 8.64. The van der Waals surface area contributed by atoms with Crippen molar-refractivity contribution in [3.8, 4) is 5.88 Å². The number of alkyl halides is 6. The van der Waals surface area contributed by atoms with Gasteiger partial charge in [0.15, 0.2) is 5.82 Å². The number of carboxylic acid groups (broad SMARTS) is 2. The number of anilines is 1. The smallest absolute Gasteiger partial charge is 0.475 e. The maximum atomic E-state index is 13.8. The van der Waals surface area contributed by atoms with E-state index in [0.717, 1.165) is 36.1 Å². The summed E-state index contributed by atoms with van der Waals surface area (Å²) in [5.41, 5.74) is -0.165. The van der Waals surface area contributed by atoms with E-state index in [1.54, 1.807) is 17.4 Å². The number of pyridine rings is 1. The molecule has 0 saturated carbocycles. The molecule has 2 saturated heterocycles. The van der Waals surface area contributed by atoms with Gasteiger partial charge in [-0.05, 0) is 31.9 Å². The molecule has 38 heavy (non-hydrogen) atoms. The Morgan fingerprint density at radius 1 is 1.18 bits per heavy atom. The number of piperidine rings is 1. The Bertz CT molecular complexity index is 1080. The quantitative estimate of drug-likeness (QED) is 0.517. The average Bonchev–Trinajstić information content (AvgIpc) is 3.44. The lowest BCUT2D eigenvalue weighted by Crippen LogP contribution is -2.52. The van der Waals surface area contributed by atoms with Gasteiger partial charge in [0.25, 0.3) is 0 Å². The molecule has 0 spiro atoms. The Kier molecular flexibility index (Phi) is 10.2. The van der Waals surface area contributed by atoms with E-state index in [9.17, 15) is 30.7 Å². The topological polar surface area (TPSA) is 135 Å². The van der Waals surface area contributed by atoms with Crippen molar-refractivity contribution in [2.45, 2.75) is 38.2 Å². The first-order valence-electron chi connectivity index (χ1n) is 10.6. The van der Waals surface area contributed by atoms with E-state index in [4.69, 9.17) is 29.3 Å². The van der Waals surface area contributed by atoms with Gasteiger partial charge in [0.05, 0.1) is 18.1 Å². The summed E-state index contributed by atoms with van der Waals surface area (Å²) in [7, 11) is 0. The van der Waals surface area contributed by atoms with Crippen LogP contribution < -0.4 is 9.64 Å². The fourth-order valence-electron chi connectivity index (χ4n) is 3.52. The van der Waals surface area contributed by atoms with Crippen molar-refractivity contribution < 1.29 is 60.0 Å². The Balaban J connectivity index is 0.000000301. The largest absolute Gasteiger partial charge is 0.490 e. The fraction of sp³-hybridized carbons (Fsp3) is 0.550. The number of rotatable bonds is 4. The number of aliphatic carboxylic acids is 2. The molecular weight excluding hydrogens is 557 g/mol. The lowest BCUT2D eigenvalue weighted by atomic mass is 9.77. The molecule has 2 aromatic rings. The van der Waals surface area contributed by atoms with E-state index < -0.39 is 30.1 Å². The van der Waals surface area contributed by atoms with Crippen molar-refractivity contribution in [3.63, 3.8) is 0 Å². The highest BCUT2D eigenvalue weighted by Gasteiger charge is 2.49. The van der Waals surface area contributed by atoms with Crippen LogP contribution in [0.5, 0.6) is 5.88 Å². The van der Waals surface area contributed by atoms with Gasteiger partial charge < -0.3 is 24.6 Å². The predicted molar refractivity (Wildman–Crippen MR) is 115 cm³/mol. The van der Waals surface area contributed by atoms with Gasteiger partial charge in [-0.3, -0.25) is 0 Å². The molecule has 0 aliphatic carbocycles. The number of aromatic nitrogens is 3. The van der Waals surface area contributed by atoms with Crippen molar-refractivity contribution in [3.05, 3.63) is 29.2 Å². The molecule has 18 heteroatoms. The molecule has 0 unspecified atom stereocenters. The molecule has 2 aliphatic heterocycles. The molecule has 212 valence electrons. The lowest BCUT2D eigenvalue weighted by molar-refractivity contribution is -0.193. The number of nitrogens with zero attached hydrogens (tertiary/aromatic N) is 4. The number of ether oxygens (including phenoxy) is 2. The Hall–Kier alpha value is -3.28. The maximum absolute atomic E-state index is 13.8. The van der Waals surface area contributed by atoms with Crippen LogP contribution in [0.1, 0.15) is 17.8 Å². The molecule has 10 nitrogen and oxygen atoms in total. The van der Waals surface area contributed by atoms with Gasteiger partial charge in [0.2, 0.25) is 11.0 Å². The molecule has 2 aliphatic rings. The molecule has 0 bridgehead atoms. The normalized spacial score (nSPS) is 20.8. The van der Waals surface area contributed by atoms with Crippen molar-refractivity contribution in [1.29, 1.82) is 0 Å². The first-order chi connectivity index (χ1) is 17.5. The van der Waals surface area contributed by atoms with Gasteiger partial charge in [0, 0.05) is 25.9 Å². The summed E-state index contributed by atoms with van der Waals surface area (Å²) >= 11 is 1.59. The molecule has 4 heterocycles. The van der Waals surface area contributed by atoms with Crippen molar-refractivity contribution in [2.75, 3.05) is 31.2 Å². The van der Waals surface area contributed by atoms with Gasteiger partial charge in [-0.2, -0.15) is 26.3 Å². The zero-order valence-electron chi connectivity index (χ0n) is 19.4. The molecule has 4 rings (SSSR count). The molecule has 2 atom stereocenters. The Labute approximate surface area is 214 Å². The first-order valence-corrected chi connectivity index (χ1v) is 11.4. The monoisotopic (exact) mass is 578 g/mol. The second-order valence-corrected chi connectivity index (χ2v) is 9.13. The lowest BCUT2D eigenvalue weighted by Gasteiger charge is -2.43. The van der Waals surface area contributed by atoms with Crippen molar-refractivity contribution in [1.82, 2.24) is 15.2 Å². The first kappa shape index (κ1) is 30.9. The van der Waals surface area contributed by atoms with Gasteiger partial charge in [-0.25, -0.2) is 19.0 Å². The number of halogens is 7. The van der Waals surface area contributed by atoms with Crippen LogP contribution in [0.25, 0.3) is 0 Å². The zero-order chi connectivity index (χ0) is 28.7. The number of carbonyl (C=O) groups is 2. The Morgan fingerprint density at radius 3 is 2.29 bits per heavy atom. The van der Waals surface area contributed by atoms with E-state index in [2.05, 4.69) is 20.1 Å². The zero-order valence-corrected chi connectivity index (χ0v) is 20.2. The minimum atomic E-state index is -5.08. The second-order valence-electron chi connectivity index (χ2n) is 7.97. The summed E-state index contributed by atoms with van der Waals surface area (Å²) in [6.07, 6.45) is -6.70. The number of fused-ring (bicyclic) bond motifs is 1. The number of carboxylic acids is 2. The summed E-state index contributed by atoms with van der Waals surface area (Å²) in [5.74, 6) is -5.89. The van der Waals surface area contributed by atoms with Crippen LogP contribution in [-0.2, 0) is 14.3 Å². The summed E-state index contributed by atoms with van der Waals surface area (Å²) in [6, 6.07) is 2.92. The molecule has 0 aromatic carbocycles. The van der Waals surface area contributed by atoms with E-state index in [1.165, 1.54) is 12.3 Å². The number of hydrogen-bond donors (Lipinski definition) is 2. The van der Waals surface area contributed by atoms with E-state index in [1.807, 2.05) is 6.92 Å². The molecule has 0 amide bonds. The van der Waals surface area contributed by atoms with Crippen LogP contribution in [0, 0.1) is 18.2 Å². The molecular formula is C20H21F7N4O6S. The molecule has 2 N–H and O–H groups in total. The van der Waals surface area contributed by atoms with Gasteiger partial charge in [-0.15, -0.1) is 10.2 Å². The molecule has 2 fully saturated rings. The van der Waals surface area contributed by atoms with Gasteiger partial charge in [0.1, 0.15) is 5.01 Å². The summed E-state index contributed by atoms with van der Waals surface area (Å²) in [6.45, 7) is 4.72. The van der Waals surface area contributed by atoms with E-state index >= 15 is 0 Å². The third-order valence-corrected chi connectivity index (χ3v) is 6.16. The van der Waals surface area contributed by atoms with Crippen LogP contribution >= 0.6 is 11.3 Å². The van der Waals surface area contributed by atoms with Crippen LogP contribution in [0.3, 0.4) is 0 Å². The number of aryl methyl sites for hydroxylation is 1. The molecule has 0 radical (unpaired) electrons. The minimum Gasteiger partial charge on any atom is -0.475 e. The SMILES string of the molecule is Cc1nnc(N2CC[C@H]3OCC[C@@]3(COc3ncccc3F)C2)s1.O=C(O)C(F)(F)F.O=C(O)C(F)(F)F.